The van der Waals surface area contributed by atoms with Crippen LogP contribution in [-0.2, 0) is 4.74 Å². The van der Waals surface area contributed by atoms with Crippen LogP contribution in [0.1, 0.15) is 35.9 Å². The third-order valence-electron chi connectivity index (χ3n) is 2.69. The number of carbonyl (C=O) groups is 1. The molecule has 0 bridgehead atoms. The monoisotopic (exact) mass is 246 g/mol. The summed E-state index contributed by atoms with van der Waals surface area (Å²) in [6, 6.07) is 4.71. The molecule has 94 valence electrons. The summed E-state index contributed by atoms with van der Waals surface area (Å²) in [4.78, 5) is 30.3. The maximum atomic E-state index is 11.8. The van der Waals surface area contributed by atoms with Crippen molar-refractivity contribution in [3.8, 4) is 0 Å². The maximum absolute atomic E-state index is 11.8. The number of fused-ring (bicyclic) bond motifs is 1. The number of aromatic nitrogens is 2. The first-order valence-electron chi connectivity index (χ1n) is 5.65. The topological polar surface area (TPSA) is 72.1 Å². The summed E-state index contributed by atoms with van der Waals surface area (Å²) in [5.41, 5.74) is 0.697. The van der Waals surface area contributed by atoms with E-state index in [0.29, 0.717) is 22.3 Å². The van der Waals surface area contributed by atoms with E-state index in [4.69, 9.17) is 0 Å². The van der Waals surface area contributed by atoms with Gasteiger partial charge in [0.15, 0.2) is 0 Å². The molecule has 5 heteroatoms. The second kappa shape index (κ2) is 4.60. The zero-order chi connectivity index (χ0) is 13.3. The Balaban J connectivity index is 2.68. The summed E-state index contributed by atoms with van der Waals surface area (Å²) in [7, 11) is 1.32. The van der Waals surface area contributed by atoms with Crippen molar-refractivity contribution in [2.75, 3.05) is 7.11 Å². The predicted molar refractivity (Wildman–Crippen MR) is 67.8 cm³/mol. The van der Waals surface area contributed by atoms with Crippen molar-refractivity contribution in [3.63, 3.8) is 0 Å². The summed E-state index contributed by atoms with van der Waals surface area (Å²) in [5, 5.41) is 0.465. The fourth-order valence-electron chi connectivity index (χ4n) is 1.68. The predicted octanol–water partition coefficient (Wildman–Crippen LogP) is 1.83. The van der Waals surface area contributed by atoms with Gasteiger partial charge in [-0.2, -0.15) is 0 Å². The van der Waals surface area contributed by atoms with Crippen LogP contribution in [0.25, 0.3) is 10.9 Å². The van der Waals surface area contributed by atoms with Crippen molar-refractivity contribution in [1.29, 1.82) is 0 Å². The fraction of sp³-hybridized carbons (Fsp3) is 0.308. The first-order chi connectivity index (χ1) is 8.52. The molecule has 0 aliphatic rings. The highest BCUT2D eigenvalue weighted by molar-refractivity contribution is 5.93. The summed E-state index contributed by atoms with van der Waals surface area (Å²) in [6.45, 7) is 3.88. The van der Waals surface area contributed by atoms with Gasteiger partial charge in [-0.15, -0.1) is 0 Å². The number of benzene rings is 1. The van der Waals surface area contributed by atoms with Gasteiger partial charge in [-0.25, -0.2) is 9.78 Å². The molecule has 0 saturated carbocycles. The molecule has 5 nitrogen and oxygen atoms in total. The normalized spacial score (nSPS) is 10.9. The van der Waals surface area contributed by atoms with Crippen molar-refractivity contribution in [1.82, 2.24) is 9.97 Å². The maximum Gasteiger partial charge on any atom is 0.337 e. The standard InChI is InChI=1S/C13H14N2O3/c1-7(2)11-14-10-6-8(13(17)18-3)4-5-9(10)12(16)15-11/h4-7H,1-3H3,(H,14,15,16). The number of H-pyrrole nitrogens is 1. The van der Waals surface area contributed by atoms with Gasteiger partial charge in [0.05, 0.1) is 23.6 Å². The number of nitrogens with one attached hydrogen (secondary N) is 1. The minimum atomic E-state index is -0.440. The average molecular weight is 246 g/mol. The van der Waals surface area contributed by atoms with Gasteiger partial charge in [-0.3, -0.25) is 4.79 Å². The van der Waals surface area contributed by atoms with Crippen LogP contribution in [-0.4, -0.2) is 23.0 Å². The van der Waals surface area contributed by atoms with E-state index in [0.717, 1.165) is 0 Å². The number of methoxy groups -OCH3 is 1. The zero-order valence-electron chi connectivity index (χ0n) is 10.5. The first-order valence-corrected chi connectivity index (χ1v) is 5.65. The summed E-state index contributed by atoms with van der Waals surface area (Å²) in [5.74, 6) is 0.281. The Bertz CT molecular complexity index is 659. The second-order valence-electron chi connectivity index (χ2n) is 4.33. The van der Waals surface area contributed by atoms with Gasteiger partial charge in [-0.05, 0) is 18.2 Å². The number of nitrogens with zero attached hydrogens (tertiary/aromatic N) is 1. The summed E-state index contributed by atoms with van der Waals surface area (Å²) >= 11 is 0. The fourth-order valence-corrected chi connectivity index (χ4v) is 1.68. The number of aromatic amines is 1. The van der Waals surface area contributed by atoms with Crippen LogP contribution in [0.4, 0.5) is 0 Å². The Kier molecular flexibility index (Phi) is 3.14. The van der Waals surface area contributed by atoms with Crippen molar-refractivity contribution < 1.29 is 9.53 Å². The molecule has 1 aromatic heterocycles. The number of rotatable bonds is 2. The van der Waals surface area contributed by atoms with Crippen LogP contribution >= 0.6 is 0 Å². The lowest BCUT2D eigenvalue weighted by Gasteiger charge is -2.06. The Labute approximate surface area is 104 Å². The number of esters is 1. The van der Waals surface area contributed by atoms with Gasteiger partial charge >= 0.3 is 5.97 Å². The lowest BCUT2D eigenvalue weighted by molar-refractivity contribution is 0.0601. The Hall–Kier alpha value is -2.17. The molecule has 2 rings (SSSR count). The van der Waals surface area contributed by atoms with Crippen molar-refractivity contribution in [3.05, 3.63) is 39.9 Å². The SMILES string of the molecule is COC(=O)c1ccc2c(=O)[nH]c(C(C)C)nc2c1. The molecule has 0 saturated heterocycles. The lowest BCUT2D eigenvalue weighted by atomic mass is 10.1. The van der Waals surface area contributed by atoms with Crippen LogP contribution in [0, 0.1) is 0 Å². The molecular formula is C13H14N2O3. The molecule has 1 aromatic carbocycles. The van der Waals surface area contributed by atoms with Crippen molar-refractivity contribution >= 4 is 16.9 Å². The smallest absolute Gasteiger partial charge is 0.337 e. The molecule has 2 aromatic rings. The van der Waals surface area contributed by atoms with E-state index in [9.17, 15) is 9.59 Å². The molecule has 0 radical (unpaired) electrons. The van der Waals surface area contributed by atoms with Crippen molar-refractivity contribution in [2.45, 2.75) is 19.8 Å². The van der Waals surface area contributed by atoms with E-state index < -0.39 is 5.97 Å². The Morgan fingerprint density at radius 2 is 2.11 bits per heavy atom. The molecule has 18 heavy (non-hydrogen) atoms. The van der Waals surface area contributed by atoms with Crippen molar-refractivity contribution in [2.24, 2.45) is 0 Å². The highest BCUT2D eigenvalue weighted by Gasteiger charge is 2.10. The minimum Gasteiger partial charge on any atom is -0.465 e. The van der Waals surface area contributed by atoms with Crippen LogP contribution < -0.4 is 5.56 Å². The molecule has 0 fully saturated rings. The molecular weight excluding hydrogens is 232 g/mol. The average Bonchev–Trinajstić information content (AvgIpc) is 2.36. The van der Waals surface area contributed by atoms with E-state index >= 15 is 0 Å². The molecule has 0 atom stereocenters. The third kappa shape index (κ3) is 2.11. The minimum absolute atomic E-state index is 0.115. The first kappa shape index (κ1) is 12.3. The molecule has 1 N–H and O–H groups in total. The number of hydrogen-bond donors (Lipinski definition) is 1. The van der Waals surface area contributed by atoms with E-state index in [1.807, 2.05) is 13.8 Å². The molecule has 0 unspecified atom stereocenters. The van der Waals surface area contributed by atoms with E-state index in [1.54, 1.807) is 18.2 Å². The van der Waals surface area contributed by atoms with Crippen LogP contribution in [0.5, 0.6) is 0 Å². The van der Waals surface area contributed by atoms with Crippen LogP contribution in [0.2, 0.25) is 0 Å². The Morgan fingerprint density at radius 3 is 2.72 bits per heavy atom. The third-order valence-corrected chi connectivity index (χ3v) is 2.69. The van der Waals surface area contributed by atoms with Gasteiger partial charge in [0, 0.05) is 5.92 Å². The number of hydrogen-bond acceptors (Lipinski definition) is 4. The van der Waals surface area contributed by atoms with Gasteiger partial charge in [0.25, 0.3) is 5.56 Å². The number of ether oxygens (including phenoxy) is 1. The highest BCUT2D eigenvalue weighted by Crippen LogP contribution is 2.14. The van der Waals surface area contributed by atoms with E-state index in [2.05, 4.69) is 14.7 Å². The molecule has 0 spiro atoms. The molecule has 1 heterocycles. The largest absolute Gasteiger partial charge is 0.465 e. The van der Waals surface area contributed by atoms with Crippen LogP contribution in [0.3, 0.4) is 0 Å². The zero-order valence-corrected chi connectivity index (χ0v) is 10.5. The molecule has 0 aliphatic heterocycles. The van der Waals surface area contributed by atoms with Crippen LogP contribution in [0.15, 0.2) is 23.0 Å². The Morgan fingerprint density at radius 1 is 1.39 bits per heavy atom. The van der Waals surface area contributed by atoms with Gasteiger partial charge in [-0.1, -0.05) is 13.8 Å². The molecule has 0 aliphatic carbocycles. The number of carbonyl (C=O) groups excluding carboxylic acids is 1. The summed E-state index contributed by atoms with van der Waals surface area (Å²) in [6.07, 6.45) is 0. The molecule has 0 amide bonds. The van der Waals surface area contributed by atoms with E-state index in [-0.39, 0.29) is 11.5 Å². The van der Waals surface area contributed by atoms with Gasteiger partial charge in [0.1, 0.15) is 5.82 Å². The van der Waals surface area contributed by atoms with Gasteiger partial charge < -0.3 is 9.72 Å². The highest BCUT2D eigenvalue weighted by atomic mass is 16.5. The second-order valence-corrected chi connectivity index (χ2v) is 4.33. The lowest BCUT2D eigenvalue weighted by Crippen LogP contribution is -2.13. The quantitative estimate of drug-likeness (QED) is 0.820. The summed E-state index contributed by atoms with van der Waals surface area (Å²) < 4.78 is 4.64. The van der Waals surface area contributed by atoms with Gasteiger partial charge in [0.2, 0.25) is 0 Å². The van der Waals surface area contributed by atoms with E-state index in [1.165, 1.54) is 7.11 Å².